The Balaban J connectivity index is 2.75. The molecule has 1 aromatic carbocycles. The molecule has 1 unspecified atom stereocenters. The van der Waals surface area contributed by atoms with Crippen molar-refractivity contribution in [1.82, 2.24) is 0 Å². The number of hydrogen-bond donors (Lipinski definition) is 0. The summed E-state index contributed by atoms with van der Waals surface area (Å²) in [5, 5.41) is 0. The molecule has 7 heteroatoms. The van der Waals surface area contributed by atoms with Crippen molar-refractivity contribution in [3.8, 4) is 17.2 Å². The van der Waals surface area contributed by atoms with E-state index in [2.05, 4.69) is 0 Å². The van der Waals surface area contributed by atoms with E-state index in [1.165, 1.54) is 14.2 Å². The van der Waals surface area contributed by atoms with Crippen molar-refractivity contribution < 1.29 is 28.5 Å². The molecule has 2 rings (SSSR count). The van der Waals surface area contributed by atoms with Crippen LogP contribution < -0.4 is 19.1 Å². The van der Waals surface area contributed by atoms with E-state index in [1.54, 1.807) is 14.2 Å². The topological polar surface area (TPSA) is 74.3 Å². The predicted molar refractivity (Wildman–Crippen MR) is 93.0 cm³/mol. The summed E-state index contributed by atoms with van der Waals surface area (Å²) in [6.45, 7) is 2.52. The smallest absolute Gasteiger partial charge is 0.328 e. The van der Waals surface area contributed by atoms with Gasteiger partial charge in [0.05, 0.1) is 34.1 Å². The molecule has 1 aliphatic heterocycles. The van der Waals surface area contributed by atoms with Crippen LogP contribution in [0.5, 0.6) is 17.2 Å². The zero-order valence-electron chi connectivity index (χ0n) is 15.4. The third-order valence-electron chi connectivity index (χ3n) is 4.58. The number of nitrogens with zero attached hydrogens (tertiary/aromatic N) is 1. The molecular formula is C18H25NO6. The van der Waals surface area contributed by atoms with Crippen LogP contribution in [0, 0.1) is 6.92 Å². The van der Waals surface area contributed by atoms with Crippen molar-refractivity contribution in [1.29, 1.82) is 0 Å². The van der Waals surface area contributed by atoms with Gasteiger partial charge in [-0.1, -0.05) is 0 Å². The Hall–Kier alpha value is -2.44. The lowest BCUT2D eigenvalue weighted by Crippen LogP contribution is -2.38. The van der Waals surface area contributed by atoms with E-state index in [4.69, 9.17) is 18.9 Å². The molecule has 1 aliphatic rings. The molecule has 1 atom stereocenters. The van der Waals surface area contributed by atoms with Crippen LogP contribution in [0.25, 0.3) is 0 Å². The van der Waals surface area contributed by atoms with Crippen LogP contribution in [0.15, 0.2) is 0 Å². The molecule has 0 aromatic heterocycles. The van der Waals surface area contributed by atoms with E-state index < -0.39 is 6.04 Å². The summed E-state index contributed by atoms with van der Waals surface area (Å²) in [5.74, 6) is 1.28. The van der Waals surface area contributed by atoms with Gasteiger partial charge in [0.25, 0.3) is 0 Å². The number of benzene rings is 1. The van der Waals surface area contributed by atoms with Gasteiger partial charge in [-0.2, -0.15) is 0 Å². The second-order valence-electron chi connectivity index (χ2n) is 5.80. The molecule has 0 N–H and O–H groups in total. The summed E-state index contributed by atoms with van der Waals surface area (Å²) >= 11 is 0. The number of aldehydes is 1. The zero-order chi connectivity index (χ0) is 18.6. The highest BCUT2D eigenvalue weighted by atomic mass is 16.5. The molecule has 0 radical (unpaired) electrons. The van der Waals surface area contributed by atoms with Crippen molar-refractivity contribution >= 4 is 17.9 Å². The Kier molecular flexibility index (Phi) is 6.12. The first-order chi connectivity index (χ1) is 12.0. The third kappa shape index (κ3) is 3.23. The first-order valence-electron chi connectivity index (χ1n) is 8.15. The molecule has 7 nitrogen and oxygen atoms in total. The molecule has 0 spiro atoms. The van der Waals surface area contributed by atoms with Gasteiger partial charge >= 0.3 is 5.97 Å². The highest BCUT2D eigenvalue weighted by molar-refractivity contribution is 5.86. The molecule has 25 heavy (non-hydrogen) atoms. The number of carbonyl (C=O) groups is 2. The van der Waals surface area contributed by atoms with E-state index >= 15 is 0 Å². The van der Waals surface area contributed by atoms with Crippen molar-refractivity contribution in [3.05, 3.63) is 11.1 Å². The summed E-state index contributed by atoms with van der Waals surface area (Å²) < 4.78 is 21.6. The van der Waals surface area contributed by atoms with E-state index in [0.717, 1.165) is 18.3 Å². The maximum Gasteiger partial charge on any atom is 0.328 e. The maximum atomic E-state index is 12.2. The van der Waals surface area contributed by atoms with Gasteiger partial charge in [-0.3, -0.25) is 0 Å². The average Bonchev–Trinajstić information content (AvgIpc) is 3.10. The van der Waals surface area contributed by atoms with Crippen molar-refractivity contribution in [2.45, 2.75) is 32.2 Å². The normalized spacial score (nSPS) is 16.5. The van der Waals surface area contributed by atoms with Gasteiger partial charge in [-0.15, -0.1) is 0 Å². The van der Waals surface area contributed by atoms with Crippen LogP contribution in [0.3, 0.4) is 0 Å². The first-order valence-corrected chi connectivity index (χ1v) is 8.15. The number of hydrogen-bond acceptors (Lipinski definition) is 7. The second kappa shape index (κ2) is 8.09. The molecule has 138 valence electrons. The van der Waals surface area contributed by atoms with Gasteiger partial charge in [-0.25, -0.2) is 4.79 Å². The summed E-state index contributed by atoms with van der Waals surface area (Å²) in [6, 6.07) is -0.415. The molecule has 0 saturated carbocycles. The molecule has 0 aliphatic carbocycles. The number of methoxy groups -OCH3 is 4. The first kappa shape index (κ1) is 18.9. The summed E-state index contributed by atoms with van der Waals surface area (Å²) in [6.07, 6.45) is 2.45. The minimum atomic E-state index is -0.415. The minimum Gasteiger partial charge on any atom is -0.494 e. The fourth-order valence-corrected chi connectivity index (χ4v) is 3.54. The zero-order valence-corrected chi connectivity index (χ0v) is 15.4. The quantitative estimate of drug-likeness (QED) is 0.549. The molecular weight excluding hydrogens is 326 g/mol. The van der Waals surface area contributed by atoms with E-state index in [1.807, 2.05) is 11.8 Å². The Morgan fingerprint density at radius 3 is 2.28 bits per heavy atom. The van der Waals surface area contributed by atoms with Crippen LogP contribution in [-0.2, 0) is 20.7 Å². The Labute approximate surface area is 147 Å². The van der Waals surface area contributed by atoms with Gasteiger partial charge < -0.3 is 28.6 Å². The van der Waals surface area contributed by atoms with E-state index in [-0.39, 0.29) is 12.4 Å². The Morgan fingerprint density at radius 1 is 1.12 bits per heavy atom. The second-order valence-corrected chi connectivity index (χ2v) is 5.80. The highest BCUT2D eigenvalue weighted by Crippen LogP contribution is 2.49. The maximum absolute atomic E-state index is 12.2. The molecule has 0 amide bonds. The molecule has 1 aromatic rings. The molecule has 1 heterocycles. The van der Waals surface area contributed by atoms with Crippen LogP contribution in [0.4, 0.5) is 5.69 Å². The van der Waals surface area contributed by atoms with Crippen molar-refractivity contribution in [3.63, 3.8) is 0 Å². The molecule has 1 saturated heterocycles. The fourth-order valence-electron chi connectivity index (χ4n) is 3.54. The third-order valence-corrected chi connectivity index (χ3v) is 4.58. The van der Waals surface area contributed by atoms with Crippen molar-refractivity contribution in [2.75, 3.05) is 39.9 Å². The average molecular weight is 351 g/mol. The van der Waals surface area contributed by atoms with Gasteiger partial charge in [-0.05, 0) is 19.8 Å². The lowest BCUT2D eigenvalue weighted by atomic mass is 10.0. The highest BCUT2D eigenvalue weighted by Gasteiger charge is 2.37. The number of ether oxygens (including phenoxy) is 4. The standard InChI is InChI=1S/C18H25NO6/c1-11-15(22-2)14(19-9-6-7-13(19)18(21)25-5)12(8-10-20)17(24-4)16(11)23-3/h10,13H,6-9H2,1-5H3. The number of rotatable bonds is 7. The predicted octanol–water partition coefficient (Wildman–Crippen LogP) is 1.90. The number of esters is 1. The summed E-state index contributed by atoms with van der Waals surface area (Å²) in [4.78, 5) is 25.5. The largest absolute Gasteiger partial charge is 0.494 e. The van der Waals surface area contributed by atoms with Crippen molar-refractivity contribution in [2.24, 2.45) is 0 Å². The molecule has 0 bridgehead atoms. The number of anilines is 1. The lowest BCUT2D eigenvalue weighted by Gasteiger charge is -2.31. The van der Waals surface area contributed by atoms with E-state index in [9.17, 15) is 9.59 Å². The summed E-state index contributed by atoms with van der Waals surface area (Å²) in [5.41, 5.74) is 2.09. The fraction of sp³-hybridized carbons (Fsp3) is 0.556. The van der Waals surface area contributed by atoms with Crippen LogP contribution in [0.2, 0.25) is 0 Å². The lowest BCUT2D eigenvalue weighted by molar-refractivity contribution is -0.141. The van der Waals surface area contributed by atoms with Crippen LogP contribution in [-0.4, -0.2) is 53.3 Å². The Morgan fingerprint density at radius 2 is 1.76 bits per heavy atom. The van der Waals surface area contributed by atoms with Crippen LogP contribution >= 0.6 is 0 Å². The monoisotopic (exact) mass is 351 g/mol. The summed E-state index contributed by atoms with van der Waals surface area (Å²) in [7, 11) is 6.01. The van der Waals surface area contributed by atoms with Gasteiger partial charge in [0.1, 0.15) is 18.1 Å². The SMILES string of the molecule is COC(=O)C1CCCN1c1c(CC=O)c(OC)c(OC)c(C)c1OC. The van der Waals surface area contributed by atoms with Gasteiger partial charge in [0, 0.05) is 24.1 Å². The number of carbonyl (C=O) groups excluding carboxylic acids is 2. The molecule has 1 fully saturated rings. The van der Waals surface area contributed by atoms with E-state index in [0.29, 0.717) is 41.5 Å². The minimum absolute atomic E-state index is 0.121. The van der Waals surface area contributed by atoms with Gasteiger partial charge in [0.15, 0.2) is 11.5 Å². The Bertz CT molecular complexity index is 658. The van der Waals surface area contributed by atoms with Crippen LogP contribution in [0.1, 0.15) is 24.0 Å². The van der Waals surface area contributed by atoms with Gasteiger partial charge in [0.2, 0.25) is 0 Å².